The summed E-state index contributed by atoms with van der Waals surface area (Å²) in [5.41, 5.74) is 6.29. The number of rotatable bonds is 9. The number of carbonyl (C=O) groups excluding carboxylic acids is 2. The van der Waals surface area contributed by atoms with Gasteiger partial charge in [-0.1, -0.05) is 77.8 Å². The van der Waals surface area contributed by atoms with Gasteiger partial charge in [-0.25, -0.2) is 10.2 Å². The van der Waals surface area contributed by atoms with Crippen LogP contribution in [-0.4, -0.2) is 35.4 Å². The van der Waals surface area contributed by atoms with Crippen molar-refractivity contribution in [1.82, 2.24) is 15.3 Å². The van der Waals surface area contributed by atoms with Crippen LogP contribution < -0.4 is 10.7 Å². The highest BCUT2D eigenvalue weighted by Gasteiger charge is 2.21. The van der Waals surface area contributed by atoms with Crippen molar-refractivity contribution in [2.75, 3.05) is 6.61 Å². The molecule has 1 heterocycles. The van der Waals surface area contributed by atoms with E-state index in [4.69, 9.17) is 27.9 Å². The van der Waals surface area contributed by atoms with Gasteiger partial charge in [0, 0.05) is 35.6 Å². The van der Waals surface area contributed by atoms with Gasteiger partial charge >= 0.3 is 6.09 Å². The van der Waals surface area contributed by atoms with Crippen molar-refractivity contribution in [3.8, 4) is 0 Å². The summed E-state index contributed by atoms with van der Waals surface area (Å²) in [4.78, 5) is 24.9. The molecular formula is C28H26Cl2N4O3. The fourth-order valence-corrected chi connectivity index (χ4v) is 4.28. The number of halogens is 2. The molecule has 2 N–H and O–H groups in total. The number of benzene rings is 3. The van der Waals surface area contributed by atoms with E-state index in [-0.39, 0.29) is 6.61 Å². The van der Waals surface area contributed by atoms with Crippen molar-refractivity contribution in [3.63, 3.8) is 0 Å². The fourth-order valence-electron chi connectivity index (χ4n) is 3.96. The minimum absolute atomic E-state index is 0.204. The molecule has 190 valence electrons. The van der Waals surface area contributed by atoms with Crippen LogP contribution in [0.1, 0.15) is 23.6 Å². The number of hydrogen-bond acceptors (Lipinski definition) is 4. The summed E-state index contributed by atoms with van der Waals surface area (Å²) in [6, 6.07) is 22.0. The molecule has 0 spiro atoms. The first-order valence-electron chi connectivity index (χ1n) is 11.8. The highest BCUT2D eigenvalue weighted by atomic mass is 35.5. The second-order valence-electron chi connectivity index (χ2n) is 8.32. The molecular weight excluding hydrogens is 511 g/mol. The minimum atomic E-state index is -0.852. The molecule has 0 saturated carbocycles. The van der Waals surface area contributed by atoms with Gasteiger partial charge in [-0.15, -0.1) is 0 Å². The van der Waals surface area contributed by atoms with Crippen molar-refractivity contribution >= 4 is 52.3 Å². The zero-order valence-electron chi connectivity index (χ0n) is 20.2. The topological polar surface area (TPSA) is 84.7 Å². The van der Waals surface area contributed by atoms with Crippen LogP contribution in [0.3, 0.4) is 0 Å². The van der Waals surface area contributed by atoms with Crippen LogP contribution in [-0.2, 0) is 22.5 Å². The molecule has 0 radical (unpaired) electrons. The van der Waals surface area contributed by atoms with E-state index in [0.717, 1.165) is 27.6 Å². The Bertz CT molecular complexity index is 1420. The normalized spacial score (nSPS) is 12.0. The Morgan fingerprint density at radius 1 is 1.00 bits per heavy atom. The maximum Gasteiger partial charge on any atom is 0.407 e. The Labute approximate surface area is 225 Å². The van der Waals surface area contributed by atoms with Crippen LogP contribution in [0.25, 0.3) is 10.9 Å². The lowest BCUT2D eigenvalue weighted by molar-refractivity contribution is -0.123. The first kappa shape index (κ1) is 26.3. The summed E-state index contributed by atoms with van der Waals surface area (Å²) in [6.45, 7) is 2.49. The number of amides is 2. The van der Waals surface area contributed by atoms with Gasteiger partial charge in [-0.2, -0.15) is 5.10 Å². The zero-order chi connectivity index (χ0) is 26.2. The minimum Gasteiger partial charge on any atom is -0.450 e. The van der Waals surface area contributed by atoms with Gasteiger partial charge in [0.2, 0.25) is 0 Å². The van der Waals surface area contributed by atoms with Crippen molar-refractivity contribution in [2.45, 2.75) is 25.9 Å². The number of hydrazone groups is 1. The van der Waals surface area contributed by atoms with E-state index in [9.17, 15) is 9.59 Å². The molecule has 1 atom stereocenters. The smallest absolute Gasteiger partial charge is 0.407 e. The van der Waals surface area contributed by atoms with Gasteiger partial charge in [0.1, 0.15) is 6.04 Å². The van der Waals surface area contributed by atoms with Gasteiger partial charge in [0.15, 0.2) is 0 Å². The molecule has 9 heteroatoms. The van der Waals surface area contributed by atoms with E-state index in [1.165, 1.54) is 0 Å². The van der Waals surface area contributed by atoms with E-state index in [1.807, 2.05) is 72.9 Å². The summed E-state index contributed by atoms with van der Waals surface area (Å²) < 4.78 is 7.04. The van der Waals surface area contributed by atoms with Crippen LogP contribution in [0.5, 0.6) is 0 Å². The number of aromatic nitrogens is 1. The van der Waals surface area contributed by atoms with Crippen LogP contribution in [0, 0.1) is 0 Å². The molecule has 0 unspecified atom stereocenters. The van der Waals surface area contributed by atoms with Crippen LogP contribution in [0.2, 0.25) is 10.0 Å². The summed E-state index contributed by atoms with van der Waals surface area (Å²) >= 11 is 12.2. The number of hydrogen-bond donors (Lipinski definition) is 2. The number of nitrogens with one attached hydrogen (secondary N) is 2. The molecule has 4 aromatic rings. The van der Waals surface area contributed by atoms with Gasteiger partial charge in [0.25, 0.3) is 5.91 Å². The summed E-state index contributed by atoms with van der Waals surface area (Å²) in [6.07, 6.45) is 3.19. The van der Waals surface area contributed by atoms with Gasteiger partial charge in [-0.05, 0) is 36.2 Å². The number of ether oxygens (including phenoxy) is 1. The second kappa shape index (κ2) is 12.4. The lowest BCUT2D eigenvalue weighted by Gasteiger charge is -2.16. The molecule has 0 bridgehead atoms. The predicted octanol–water partition coefficient (Wildman–Crippen LogP) is 5.80. The van der Waals surface area contributed by atoms with Crippen molar-refractivity contribution in [3.05, 3.63) is 106 Å². The monoisotopic (exact) mass is 536 g/mol. The third-order valence-corrected chi connectivity index (χ3v) is 6.44. The zero-order valence-corrected chi connectivity index (χ0v) is 21.7. The van der Waals surface area contributed by atoms with Crippen LogP contribution in [0.15, 0.2) is 84.1 Å². The molecule has 2 amide bonds. The molecule has 0 aliphatic carbocycles. The molecule has 0 fully saturated rings. The average molecular weight is 537 g/mol. The van der Waals surface area contributed by atoms with Crippen LogP contribution in [0.4, 0.5) is 4.79 Å². The molecule has 4 rings (SSSR count). The molecule has 0 saturated heterocycles. The quantitative estimate of drug-likeness (QED) is 0.209. The van der Waals surface area contributed by atoms with Crippen LogP contribution >= 0.6 is 23.2 Å². The van der Waals surface area contributed by atoms with E-state index in [2.05, 4.69) is 20.4 Å². The van der Waals surface area contributed by atoms with E-state index >= 15 is 0 Å². The average Bonchev–Trinajstić information content (AvgIpc) is 3.24. The summed E-state index contributed by atoms with van der Waals surface area (Å²) in [5.74, 6) is -0.451. The molecule has 7 nitrogen and oxygen atoms in total. The van der Waals surface area contributed by atoms with Crippen molar-refractivity contribution in [2.24, 2.45) is 5.10 Å². The third-order valence-electron chi connectivity index (χ3n) is 5.70. The molecule has 1 aromatic heterocycles. The Morgan fingerprint density at radius 3 is 2.51 bits per heavy atom. The summed E-state index contributed by atoms with van der Waals surface area (Å²) in [7, 11) is 0. The number of carbonyl (C=O) groups is 2. The van der Waals surface area contributed by atoms with Gasteiger partial charge in [0.05, 0.1) is 22.9 Å². The molecule has 3 aromatic carbocycles. The number of nitrogens with zero attached hydrogens (tertiary/aromatic N) is 2. The Morgan fingerprint density at radius 2 is 1.76 bits per heavy atom. The molecule has 37 heavy (non-hydrogen) atoms. The Kier molecular flexibility index (Phi) is 8.82. The number of para-hydroxylation sites is 1. The fraction of sp³-hybridized carbons (Fsp3) is 0.179. The lowest BCUT2D eigenvalue weighted by Crippen LogP contribution is -2.47. The highest BCUT2D eigenvalue weighted by Crippen LogP contribution is 2.25. The van der Waals surface area contributed by atoms with Gasteiger partial charge in [-0.3, -0.25) is 4.79 Å². The van der Waals surface area contributed by atoms with Gasteiger partial charge < -0.3 is 14.6 Å². The molecule has 0 aliphatic heterocycles. The summed E-state index contributed by atoms with van der Waals surface area (Å²) in [5, 5.41) is 8.79. The van der Waals surface area contributed by atoms with E-state index in [0.29, 0.717) is 23.0 Å². The van der Waals surface area contributed by atoms with Crippen molar-refractivity contribution in [1.29, 1.82) is 0 Å². The highest BCUT2D eigenvalue weighted by molar-refractivity contribution is 6.42. The second-order valence-corrected chi connectivity index (χ2v) is 9.13. The SMILES string of the molecule is CCOC(=O)N[C@H](Cc1ccccc1)C(=O)N/N=C\c1cn(Cc2ccc(Cl)c(Cl)c2)c2ccccc12. The number of alkyl carbamates (subject to hydrolysis) is 1. The Hall–Kier alpha value is -3.81. The largest absolute Gasteiger partial charge is 0.450 e. The van der Waals surface area contributed by atoms with Crippen molar-refractivity contribution < 1.29 is 14.3 Å². The first-order chi connectivity index (χ1) is 17.9. The van der Waals surface area contributed by atoms with E-state index < -0.39 is 18.0 Å². The number of fused-ring (bicyclic) bond motifs is 1. The Balaban J connectivity index is 1.51. The lowest BCUT2D eigenvalue weighted by atomic mass is 10.1. The maximum atomic E-state index is 12.9. The molecule has 0 aliphatic rings. The van der Waals surface area contributed by atoms with E-state index in [1.54, 1.807) is 19.2 Å². The first-order valence-corrected chi connectivity index (χ1v) is 12.5. The predicted molar refractivity (Wildman–Crippen MR) is 147 cm³/mol. The standard InChI is InChI=1S/C28H26Cl2N4O3/c1-2-37-28(36)32-25(15-19-8-4-3-5-9-19)27(35)33-31-16-21-18-34(26-11-7-6-10-22(21)26)17-20-12-13-23(29)24(30)14-20/h3-14,16,18,25H,2,15,17H2,1H3,(H,32,36)(H,33,35)/b31-16-/t25-/m1/s1. The third kappa shape index (κ3) is 6.90. The maximum absolute atomic E-state index is 12.9.